The van der Waals surface area contributed by atoms with Crippen molar-refractivity contribution < 1.29 is 9.50 Å². The molecule has 1 aromatic heterocycles. The first-order chi connectivity index (χ1) is 10.1. The molecule has 1 fully saturated rings. The molecule has 1 aromatic carbocycles. The van der Waals surface area contributed by atoms with E-state index < -0.39 is 0 Å². The summed E-state index contributed by atoms with van der Waals surface area (Å²) in [4.78, 5) is 2.23. The lowest BCUT2D eigenvalue weighted by molar-refractivity contribution is 0.175. The zero-order valence-corrected chi connectivity index (χ0v) is 12.1. The minimum absolute atomic E-state index is 0.0870. The van der Waals surface area contributed by atoms with E-state index in [1.807, 2.05) is 23.9 Å². The lowest BCUT2D eigenvalue weighted by Gasteiger charge is -2.24. The first kappa shape index (κ1) is 14.2. The van der Waals surface area contributed by atoms with Crippen LogP contribution >= 0.6 is 0 Å². The Hall–Kier alpha value is -1.72. The number of halogens is 1. The summed E-state index contributed by atoms with van der Waals surface area (Å²) in [6.07, 6.45) is 2.98. The molecule has 1 aliphatic heterocycles. The van der Waals surface area contributed by atoms with E-state index in [4.69, 9.17) is 0 Å². The minimum atomic E-state index is -0.343. The van der Waals surface area contributed by atoms with Crippen molar-refractivity contribution in [1.29, 1.82) is 0 Å². The van der Waals surface area contributed by atoms with Gasteiger partial charge in [-0.15, -0.1) is 0 Å². The third-order valence-electron chi connectivity index (χ3n) is 4.19. The van der Waals surface area contributed by atoms with Crippen molar-refractivity contribution in [2.75, 3.05) is 13.1 Å². The first-order valence-corrected chi connectivity index (χ1v) is 7.28. The van der Waals surface area contributed by atoms with Crippen LogP contribution in [0, 0.1) is 5.82 Å². The summed E-state index contributed by atoms with van der Waals surface area (Å²) >= 11 is 0. The van der Waals surface area contributed by atoms with E-state index in [0.29, 0.717) is 13.0 Å². The van der Waals surface area contributed by atoms with E-state index in [-0.39, 0.29) is 18.0 Å². The largest absolute Gasteiger partial charge is 0.392 e. The molecule has 2 heterocycles. The number of rotatable bonds is 4. The Labute approximate surface area is 123 Å². The average Bonchev–Trinajstić information content (AvgIpc) is 3.02. The van der Waals surface area contributed by atoms with E-state index in [1.165, 1.54) is 6.07 Å². The predicted molar refractivity (Wildman–Crippen MR) is 78.2 cm³/mol. The van der Waals surface area contributed by atoms with Gasteiger partial charge < -0.3 is 5.11 Å². The normalized spacial score (nSPS) is 22.8. The summed E-state index contributed by atoms with van der Waals surface area (Å²) in [6.45, 7) is 1.47. The van der Waals surface area contributed by atoms with Crippen molar-refractivity contribution in [1.82, 2.24) is 14.7 Å². The zero-order chi connectivity index (χ0) is 14.8. The molecule has 5 heteroatoms. The monoisotopic (exact) mass is 289 g/mol. The molecule has 2 atom stereocenters. The van der Waals surface area contributed by atoms with E-state index in [9.17, 15) is 9.50 Å². The molecular formula is C16H20FN3O. The van der Waals surface area contributed by atoms with Crippen LogP contribution in [0.15, 0.2) is 36.5 Å². The van der Waals surface area contributed by atoms with E-state index in [1.54, 1.807) is 18.3 Å². The molecule has 0 aliphatic carbocycles. The fourth-order valence-electron chi connectivity index (χ4n) is 3.09. The number of benzene rings is 1. The summed E-state index contributed by atoms with van der Waals surface area (Å²) in [5.41, 5.74) is 2.10. The first-order valence-electron chi connectivity index (χ1n) is 7.28. The number of aliphatic hydroxyl groups excluding tert-OH is 1. The summed E-state index contributed by atoms with van der Waals surface area (Å²) < 4.78 is 15.3. The van der Waals surface area contributed by atoms with Crippen LogP contribution in [0.5, 0.6) is 0 Å². The second-order valence-electron chi connectivity index (χ2n) is 5.65. The summed E-state index contributed by atoms with van der Waals surface area (Å²) in [6, 6.07) is 8.78. The Balaban J connectivity index is 1.72. The minimum Gasteiger partial charge on any atom is -0.392 e. The molecule has 2 aromatic rings. The zero-order valence-electron chi connectivity index (χ0n) is 12.1. The van der Waals surface area contributed by atoms with Crippen molar-refractivity contribution in [2.24, 2.45) is 7.05 Å². The highest BCUT2D eigenvalue weighted by molar-refractivity contribution is 5.22. The SMILES string of the molecule is Cn1nccc1CCN1CC(O)CC1c1cccc(F)c1. The van der Waals surface area contributed by atoms with Crippen LogP contribution in [0.3, 0.4) is 0 Å². The number of hydrogen-bond donors (Lipinski definition) is 1. The fourth-order valence-corrected chi connectivity index (χ4v) is 3.09. The quantitative estimate of drug-likeness (QED) is 0.935. The molecule has 0 bridgehead atoms. The van der Waals surface area contributed by atoms with E-state index >= 15 is 0 Å². The van der Waals surface area contributed by atoms with E-state index in [2.05, 4.69) is 10.00 Å². The van der Waals surface area contributed by atoms with Gasteiger partial charge in [0.25, 0.3) is 0 Å². The standard InChI is InChI=1S/C16H20FN3O/c1-19-14(5-7-18-19)6-8-20-11-15(21)10-16(20)12-3-2-4-13(17)9-12/h2-5,7,9,15-16,21H,6,8,10-11H2,1H3. The number of likely N-dealkylation sites (tertiary alicyclic amines) is 1. The summed E-state index contributed by atoms with van der Waals surface area (Å²) in [7, 11) is 1.93. The van der Waals surface area contributed by atoms with Gasteiger partial charge >= 0.3 is 0 Å². The van der Waals surface area contributed by atoms with Crippen molar-refractivity contribution >= 4 is 0 Å². The molecule has 0 amide bonds. The number of hydrogen-bond acceptors (Lipinski definition) is 3. The Morgan fingerprint density at radius 2 is 2.24 bits per heavy atom. The number of aromatic nitrogens is 2. The molecule has 0 spiro atoms. The van der Waals surface area contributed by atoms with Crippen molar-refractivity contribution in [2.45, 2.75) is 25.0 Å². The lowest BCUT2D eigenvalue weighted by atomic mass is 10.0. The van der Waals surface area contributed by atoms with Gasteiger partial charge in [-0.25, -0.2) is 4.39 Å². The molecule has 4 nitrogen and oxygen atoms in total. The highest BCUT2D eigenvalue weighted by Gasteiger charge is 2.31. The van der Waals surface area contributed by atoms with Crippen molar-refractivity contribution in [3.8, 4) is 0 Å². The van der Waals surface area contributed by atoms with Crippen LogP contribution in [-0.4, -0.2) is 39.0 Å². The maximum absolute atomic E-state index is 13.4. The van der Waals surface area contributed by atoms with Gasteiger partial charge in [-0.05, 0) is 30.2 Å². The van der Waals surface area contributed by atoms with Crippen LogP contribution in [0.25, 0.3) is 0 Å². The number of β-amino-alcohol motifs (C(OH)–C–C–N with tert-alkyl or cyclic N) is 1. The molecule has 3 rings (SSSR count). The highest BCUT2D eigenvalue weighted by Crippen LogP contribution is 2.32. The topological polar surface area (TPSA) is 41.3 Å². The number of aryl methyl sites for hydroxylation is 1. The summed E-state index contributed by atoms with van der Waals surface area (Å²) in [5, 5.41) is 14.1. The van der Waals surface area contributed by atoms with Crippen LogP contribution in [0.4, 0.5) is 4.39 Å². The maximum atomic E-state index is 13.4. The van der Waals surface area contributed by atoms with Gasteiger partial charge in [0, 0.05) is 44.5 Å². The molecular weight excluding hydrogens is 269 g/mol. The van der Waals surface area contributed by atoms with Crippen LogP contribution in [-0.2, 0) is 13.5 Å². The smallest absolute Gasteiger partial charge is 0.123 e. The van der Waals surface area contributed by atoms with Crippen molar-refractivity contribution in [3.05, 3.63) is 53.6 Å². The van der Waals surface area contributed by atoms with E-state index in [0.717, 1.165) is 24.2 Å². The molecule has 112 valence electrons. The van der Waals surface area contributed by atoms with Crippen LogP contribution in [0.1, 0.15) is 23.7 Å². The third-order valence-corrected chi connectivity index (χ3v) is 4.19. The van der Waals surface area contributed by atoms with Gasteiger partial charge in [-0.2, -0.15) is 5.10 Å². The van der Waals surface area contributed by atoms with Gasteiger partial charge in [-0.1, -0.05) is 12.1 Å². The molecule has 2 unspecified atom stereocenters. The molecule has 21 heavy (non-hydrogen) atoms. The second kappa shape index (κ2) is 5.95. The molecule has 0 saturated carbocycles. The Bertz CT molecular complexity index is 613. The van der Waals surface area contributed by atoms with Crippen LogP contribution < -0.4 is 0 Å². The molecule has 1 N–H and O–H groups in total. The fraction of sp³-hybridized carbons (Fsp3) is 0.438. The number of aliphatic hydroxyl groups is 1. The lowest BCUT2D eigenvalue weighted by Crippen LogP contribution is -2.27. The highest BCUT2D eigenvalue weighted by atomic mass is 19.1. The van der Waals surface area contributed by atoms with Gasteiger partial charge in [0.05, 0.1) is 6.10 Å². The molecule has 1 aliphatic rings. The average molecular weight is 289 g/mol. The molecule has 1 saturated heterocycles. The Morgan fingerprint density at radius 1 is 1.38 bits per heavy atom. The van der Waals surface area contributed by atoms with Gasteiger partial charge in [-0.3, -0.25) is 9.58 Å². The second-order valence-corrected chi connectivity index (χ2v) is 5.65. The predicted octanol–water partition coefficient (Wildman–Crippen LogP) is 1.91. The third kappa shape index (κ3) is 3.14. The van der Waals surface area contributed by atoms with Gasteiger partial charge in [0.15, 0.2) is 0 Å². The van der Waals surface area contributed by atoms with Gasteiger partial charge in [0.2, 0.25) is 0 Å². The summed E-state index contributed by atoms with van der Waals surface area (Å²) in [5.74, 6) is -0.222. The van der Waals surface area contributed by atoms with Crippen LogP contribution in [0.2, 0.25) is 0 Å². The maximum Gasteiger partial charge on any atom is 0.123 e. The Kier molecular flexibility index (Phi) is 4.03. The number of nitrogens with zero attached hydrogens (tertiary/aromatic N) is 3. The van der Waals surface area contributed by atoms with Gasteiger partial charge in [0.1, 0.15) is 5.82 Å². The van der Waals surface area contributed by atoms with Crippen molar-refractivity contribution in [3.63, 3.8) is 0 Å². The Morgan fingerprint density at radius 3 is 2.95 bits per heavy atom. The molecule has 0 radical (unpaired) electrons.